The van der Waals surface area contributed by atoms with Crippen LogP contribution in [0.15, 0.2) is 24.3 Å². The first-order valence-corrected chi connectivity index (χ1v) is 4.70. The van der Waals surface area contributed by atoms with Gasteiger partial charge in [-0.15, -0.1) is 0 Å². The fourth-order valence-electron chi connectivity index (χ4n) is 1.71. The molecule has 1 aromatic rings. The summed E-state index contributed by atoms with van der Waals surface area (Å²) in [4.78, 5) is 0. The van der Waals surface area contributed by atoms with Gasteiger partial charge in [-0.25, -0.2) is 0 Å². The van der Waals surface area contributed by atoms with E-state index in [1.54, 1.807) is 0 Å². The second kappa shape index (κ2) is 2.75. The van der Waals surface area contributed by atoms with Gasteiger partial charge >= 0.3 is 0 Å². The molecule has 2 heteroatoms. The Morgan fingerprint density at radius 2 is 2.08 bits per heavy atom. The molecule has 3 N–H and O–H groups in total. The first-order chi connectivity index (χ1) is 5.71. The molecule has 0 aromatic heterocycles. The highest BCUT2D eigenvalue weighted by atomic mass is 35.5. The lowest BCUT2D eigenvalue weighted by molar-refractivity contribution is -0.509. The Kier molecular flexibility index (Phi) is 1.85. The van der Waals surface area contributed by atoms with Crippen LogP contribution in [0.25, 0.3) is 0 Å². The normalized spacial score (nSPS) is 20.2. The summed E-state index contributed by atoms with van der Waals surface area (Å²) in [5, 5.41) is 0.822. The third-order valence-electron chi connectivity index (χ3n) is 2.75. The van der Waals surface area contributed by atoms with Crippen LogP contribution in [0.5, 0.6) is 0 Å². The highest BCUT2D eigenvalue weighted by Gasteiger charge is 2.38. The van der Waals surface area contributed by atoms with Crippen molar-refractivity contribution in [2.24, 2.45) is 0 Å². The van der Waals surface area contributed by atoms with Crippen LogP contribution in [-0.2, 0) is 5.54 Å². The van der Waals surface area contributed by atoms with Gasteiger partial charge in [-0.1, -0.05) is 23.7 Å². The molecule has 0 saturated heterocycles. The van der Waals surface area contributed by atoms with Gasteiger partial charge in [0.2, 0.25) is 0 Å². The molecule has 0 amide bonds. The summed E-state index contributed by atoms with van der Waals surface area (Å²) in [7, 11) is 0. The summed E-state index contributed by atoms with van der Waals surface area (Å²) in [5.41, 5.74) is 5.69. The lowest BCUT2D eigenvalue weighted by Gasteiger charge is -2.34. The molecule has 0 atom stereocenters. The van der Waals surface area contributed by atoms with Crippen LogP contribution in [0, 0.1) is 0 Å². The maximum Gasteiger partial charge on any atom is 0.120 e. The molecule has 0 aliphatic heterocycles. The van der Waals surface area contributed by atoms with Crippen molar-refractivity contribution in [2.45, 2.75) is 24.8 Å². The minimum atomic E-state index is 0.172. The maximum absolute atomic E-state index is 5.90. The van der Waals surface area contributed by atoms with Crippen molar-refractivity contribution in [3.63, 3.8) is 0 Å². The molecule has 64 valence electrons. The van der Waals surface area contributed by atoms with E-state index < -0.39 is 0 Å². The van der Waals surface area contributed by atoms with Gasteiger partial charge in [0, 0.05) is 23.4 Å². The molecule has 12 heavy (non-hydrogen) atoms. The van der Waals surface area contributed by atoms with E-state index in [0.29, 0.717) is 0 Å². The molecule has 1 aliphatic carbocycles. The van der Waals surface area contributed by atoms with Crippen molar-refractivity contribution in [3.05, 3.63) is 34.9 Å². The van der Waals surface area contributed by atoms with Crippen LogP contribution in [0.4, 0.5) is 0 Å². The zero-order valence-electron chi connectivity index (χ0n) is 7.02. The summed E-state index contributed by atoms with van der Waals surface area (Å²) < 4.78 is 0. The van der Waals surface area contributed by atoms with Crippen molar-refractivity contribution in [1.29, 1.82) is 0 Å². The third-order valence-corrected chi connectivity index (χ3v) is 2.98. The summed E-state index contributed by atoms with van der Waals surface area (Å²) in [5.74, 6) is 0. The van der Waals surface area contributed by atoms with E-state index in [1.807, 2.05) is 18.2 Å². The van der Waals surface area contributed by atoms with Gasteiger partial charge < -0.3 is 5.73 Å². The molecular weight excluding hydrogens is 170 g/mol. The molecule has 2 rings (SSSR count). The van der Waals surface area contributed by atoms with Crippen LogP contribution >= 0.6 is 11.6 Å². The van der Waals surface area contributed by atoms with Crippen molar-refractivity contribution >= 4 is 11.6 Å². The molecule has 0 heterocycles. The quantitative estimate of drug-likeness (QED) is 0.688. The second-order valence-corrected chi connectivity index (χ2v) is 4.08. The molecule has 0 bridgehead atoms. The standard InChI is InChI=1S/C10H12ClN/c11-9-4-1-3-8(7-9)10(12)5-2-6-10/h1,3-4,7H,2,5-6,12H2/p+1. The number of rotatable bonds is 1. The van der Waals surface area contributed by atoms with Gasteiger partial charge in [0.05, 0.1) is 0 Å². The summed E-state index contributed by atoms with van der Waals surface area (Å²) in [6.45, 7) is 0. The van der Waals surface area contributed by atoms with E-state index >= 15 is 0 Å². The highest BCUT2D eigenvalue weighted by molar-refractivity contribution is 6.30. The fourth-order valence-corrected chi connectivity index (χ4v) is 1.90. The van der Waals surface area contributed by atoms with E-state index in [9.17, 15) is 0 Å². The smallest absolute Gasteiger partial charge is 0.120 e. The lowest BCUT2D eigenvalue weighted by Crippen LogP contribution is -2.73. The van der Waals surface area contributed by atoms with Gasteiger partial charge in [-0.2, -0.15) is 0 Å². The molecule has 1 aliphatic rings. The average molecular weight is 183 g/mol. The minimum Gasteiger partial charge on any atom is -0.349 e. The average Bonchev–Trinajstić information content (AvgIpc) is 2.00. The number of halogens is 1. The zero-order valence-corrected chi connectivity index (χ0v) is 7.77. The van der Waals surface area contributed by atoms with Crippen LogP contribution in [0.3, 0.4) is 0 Å². The fraction of sp³-hybridized carbons (Fsp3) is 0.400. The Hall–Kier alpha value is -0.530. The largest absolute Gasteiger partial charge is 0.349 e. The number of hydrogen-bond donors (Lipinski definition) is 1. The Balaban J connectivity index is 2.33. The van der Waals surface area contributed by atoms with E-state index in [2.05, 4.69) is 11.8 Å². The predicted octanol–water partition coefficient (Wildman–Crippen LogP) is 1.96. The Morgan fingerprint density at radius 1 is 1.33 bits per heavy atom. The SMILES string of the molecule is [NH3+]C1(c2cccc(Cl)c2)CCC1. The van der Waals surface area contributed by atoms with Gasteiger partial charge in [-0.3, -0.25) is 0 Å². The minimum absolute atomic E-state index is 0.172. The Labute approximate surface area is 77.5 Å². The molecule has 1 aromatic carbocycles. The first-order valence-electron chi connectivity index (χ1n) is 4.32. The van der Waals surface area contributed by atoms with E-state index in [-0.39, 0.29) is 5.54 Å². The van der Waals surface area contributed by atoms with E-state index in [0.717, 1.165) is 5.02 Å². The van der Waals surface area contributed by atoms with Gasteiger partial charge in [-0.05, 0) is 18.6 Å². The Bertz CT molecular complexity index is 292. The molecular formula is C10H13ClN+. The molecule has 0 unspecified atom stereocenters. The van der Waals surface area contributed by atoms with Crippen molar-refractivity contribution in [2.75, 3.05) is 0 Å². The van der Waals surface area contributed by atoms with Gasteiger partial charge in [0.1, 0.15) is 5.54 Å². The first kappa shape index (κ1) is 8.09. The van der Waals surface area contributed by atoms with Crippen LogP contribution in [-0.4, -0.2) is 0 Å². The molecule has 1 fully saturated rings. The third kappa shape index (κ3) is 1.23. The van der Waals surface area contributed by atoms with Crippen LogP contribution in [0.2, 0.25) is 5.02 Å². The molecule has 1 saturated carbocycles. The van der Waals surface area contributed by atoms with Crippen molar-refractivity contribution < 1.29 is 5.73 Å². The number of quaternary nitrogens is 1. The van der Waals surface area contributed by atoms with Crippen LogP contribution < -0.4 is 5.73 Å². The molecule has 0 spiro atoms. The topological polar surface area (TPSA) is 27.6 Å². The second-order valence-electron chi connectivity index (χ2n) is 3.64. The summed E-state index contributed by atoms with van der Waals surface area (Å²) in [6.07, 6.45) is 3.71. The van der Waals surface area contributed by atoms with E-state index in [4.69, 9.17) is 11.6 Å². The van der Waals surface area contributed by atoms with Crippen LogP contribution in [0.1, 0.15) is 24.8 Å². The summed E-state index contributed by atoms with van der Waals surface area (Å²) >= 11 is 5.90. The molecule has 0 radical (unpaired) electrons. The lowest BCUT2D eigenvalue weighted by atomic mass is 9.73. The molecule has 1 nitrogen and oxygen atoms in total. The zero-order chi connectivity index (χ0) is 8.60. The van der Waals surface area contributed by atoms with Gasteiger partial charge in [0.15, 0.2) is 0 Å². The predicted molar refractivity (Wildman–Crippen MR) is 49.9 cm³/mol. The van der Waals surface area contributed by atoms with Crippen molar-refractivity contribution in [3.8, 4) is 0 Å². The number of hydrogen-bond acceptors (Lipinski definition) is 0. The van der Waals surface area contributed by atoms with Gasteiger partial charge in [0.25, 0.3) is 0 Å². The summed E-state index contributed by atoms with van der Waals surface area (Å²) in [6, 6.07) is 8.07. The van der Waals surface area contributed by atoms with E-state index in [1.165, 1.54) is 24.8 Å². The maximum atomic E-state index is 5.90. The number of benzene rings is 1. The van der Waals surface area contributed by atoms with Crippen molar-refractivity contribution in [1.82, 2.24) is 0 Å². The highest BCUT2D eigenvalue weighted by Crippen LogP contribution is 2.37. The monoisotopic (exact) mass is 182 g/mol. The Morgan fingerprint density at radius 3 is 2.58 bits per heavy atom.